The van der Waals surface area contributed by atoms with Crippen LogP contribution in [-0.2, 0) is 6.54 Å². The molecule has 5 nitrogen and oxygen atoms in total. The van der Waals surface area contributed by atoms with Gasteiger partial charge < -0.3 is 9.15 Å². The third-order valence-corrected chi connectivity index (χ3v) is 4.13. The van der Waals surface area contributed by atoms with Crippen molar-refractivity contribution in [1.29, 1.82) is 0 Å². The van der Waals surface area contributed by atoms with Crippen molar-refractivity contribution in [3.8, 4) is 17.2 Å². The van der Waals surface area contributed by atoms with E-state index < -0.39 is 0 Å². The lowest BCUT2D eigenvalue weighted by atomic mass is 10.1. The summed E-state index contributed by atoms with van der Waals surface area (Å²) in [5.74, 6) is 0.885. The van der Waals surface area contributed by atoms with Crippen LogP contribution in [0, 0.1) is 5.82 Å². The normalized spacial score (nSPS) is 12.4. The van der Waals surface area contributed by atoms with E-state index in [-0.39, 0.29) is 17.6 Å². The van der Waals surface area contributed by atoms with Gasteiger partial charge in [-0.1, -0.05) is 24.3 Å². The van der Waals surface area contributed by atoms with Crippen molar-refractivity contribution < 1.29 is 13.5 Å². The number of nitrogens with zero attached hydrogens (tertiary/aromatic N) is 3. The Morgan fingerprint density at radius 2 is 1.92 bits per heavy atom. The van der Waals surface area contributed by atoms with Crippen molar-refractivity contribution >= 4 is 0 Å². The van der Waals surface area contributed by atoms with E-state index in [2.05, 4.69) is 10.2 Å². The molecule has 1 atom stereocenters. The molecule has 1 aromatic heterocycles. The van der Waals surface area contributed by atoms with Crippen molar-refractivity contribution in [2.45, 2.75) is 19.5 Å². The smallest absolute Gasteiger partial charge is 0.247 e. The van der Waals surface area contributed by atoms with Crippen LogP contribution in [0.2, 0.25) is 0 Å². The fourth-order valence-electron chi connectivity index (χ4n) is 2.52. The van der Waals surface area contributed by atoms with E-state index in [4.69, 9.17) is 9.15 Å². The number of hydrogen-bond acceptors (Lipinski definition) is 5. The Labute approximate surface area is 146 Å². The number of benzene rings is 2. The highest BCUT2D eigenvalue weighted by Gasteiger charge is 2.19. The lowest BCUT2D eigenvalue weighted by molar-refractivity contribution is 0.217. The summed E-state index contributed by atoms with van der Waals surface area (Å²) >= 11 is 0. The molecule has 0 aliphatic heterocycles. The van der Waals surface area contributed by atoms with Crippen molar-refractivity contribution in [2.75, 3.05) is 14.2 Å². The van der Waals surface area contributed by atoms with Crippen LogP contribution in [0.3, 0.4) is 0 Å². The lowest BCUT2D eigenvalue weighted by Gasteiger charge is -2.21. The second-order valence-corrected chi connectivity index (χ2v) is 5.87. The van der Waals surface area contributed by atoms with Crippen LogP contribution in [0.15, 0.2) is 52.9 Å². The van der Waals surface area contributed by atoms with Crippen molar-refractivity contribution in [3.63, 3.8) is 0 Å². The third-order valence-electron chi connectivity index (χ3n) is 4.13. The highest BCUT2D eigenvalue weighted by molar-refractivity contribution is 5.51. The number of methoxy groups -OCH3 is 1. The van der Waals surface area contributed by atoms with Gasteiger partial charge in [-0.25, -0.2) is 4.39 Å². The van der Waals surface area contributed by atoms with Crippen LogP contribution in [0.5, 0.6) is 5.75 Å². The Morgan fingerprint density at radius 1 is 1.16 bits per heavy atom. The molecular formula is C19H20FN3O2. The van der Waals surface area contributed by atoms with Crippen molar-refractivity contribution in [1.82, 2.24) is 15.1 Å². The molecule has 0 unspecified atom stereocenters. The van der Waals surface area contributed by atoms with Gasteiger partial charge in [0.05, 0.1) is 13.2 Å². The van der Waals surface area contributed by atoms with Gasteiger partial charge in [-0.2, -0.15) is 0 Å². The SMILES string of the molecule is COc1ccc(CN(C)[C@@H](C)c2nnc(-c3ccccc3)o2)cc1F. The average Bonchev–Trinajstić information content (AvgIpc) is 3.12. The minimum atomic E-state index is -0.370. The van der Waals surface area contributed by atoms with Crippen LogP contribution in [0.1, 0.15) is 24.4 Å². The molecule has 0 bridgehead atoms. The van der Waals surface area contributed by atoms with Gasteiger partial charge in [0.15, 0.2) is 11.6 Å². The second-order valence-electron chi connectivity index (χ2n) is 5.87. The molecule has 0 aliphatic carbocycles. The number of rotatable bonds is 6. The van der Waals surface area contributed by atoms with E-state index in [0.29, 0.717) is 18.3 Å². The van der Waals surface area contributed by atoms with Gasteiger partial charge in [-0.3, -0.25) is 4.90 Å². The molecule has 6 heteroatoms. The number of halogens is 1. The van der Waals surface area contributed by atoms with E-state index in [1.165, 1.54) is 13.2 Å². The first-order valence-electron chi connectivity index (χ1n) is 8.00. The first kappa shape index (κ1) is 17.1. The summed E-state index contributed by atoms with van der Waals surface area (Å²) in [6, 6.07) is 14.5. The van der Waals surface area contributed by atoms with Gasteiger partial charge in [-0.05, 0) is 43.8 Å². The molecule has 0 fully saturated rings. The highest BCUT2D eigenvalue weighted by Crippen LogP contribution is 2.25. The van der Waals surface area contributed by atoms with Crippen molar-refractivity contribution in [2.24, 2.45) is 0 Å². The predicted octanol–water partition coefficient (Wildman–Crippen LogP) is 4.08. The summed E-state index contributed by atoms with van der Waals surface area (Å²) in [6.07, 6.45) is 0. The first-order valence-corrected chi connectivity index (χ1v) is 8.00. The van der Waals surface area contributed by atoms with Gasteiger partial charge in [0.2, 0.25) is 11.8 Å². The van der Waals surface area contributed by atoms with Crippen LogP contribution in [0.25, 0.3) is 11.5 Å². The summed E-state index contributed by atoms with van der Waals surface area (Å²) in [4.78, 5) is 2.02. The first-order chi connectivity index (χ1) is 12.1. The van der Waals surface area contributed by atoms with Gasteiger partial charge in [-0.15, -0.1) is 10.2 Å². The van der Waals surface area contributed by atoms with Crippen LogP contribution in [0.4, 0.5) is 4.39 Å². The number of aromatic nitrogens is 2. The standard InChI is InChI=1S/C19H20FN3O2/c1-13(18-21-22-19(25-18)15-7-5-4-6-8-15)23(2)12-14-9-10-17(24-3)16(20)11-14/h4-11,13H,12H2,1-3H3/t13-/m0/s1. The summed E-state index contributed by atoms with van der Waals surface area (Å²) in [7, 11) is 3.38. The fraction of sp³-hybridized carbons (Fsp3) is 0.263. The average molecular weight is 341 g/mol. The zero-order chi connectivity index (χ0) is 17.8. The molecule has 130 valence electrons. The van der Waals surface area contributed by atoms with E-state index in [1.54, 1.807) is 6.07 Å². The Morgan fingerprint density at radius 3 is 2.60 bits per heavy atom. The minimum absolute atomic E-state index is 0.102. The van der Waals surface area contributed by atoms with E-state index in [1.807, 2.05) is 55.3 Å². The summed E-state index contributed by atoms with van der Waals surface area (Å²) in [5, 5.41) is 8.26. The van der Waals surface area contributed by atoms with Crippen LogP contribution >= 0.6 is 0 Å². The van der Waals surface area contributed by atoms with Crippen LogP contribution in [-0.4, -0.2) is 29.3 Å². The summed E-state index contributed by atoms with van der Waals surface area (Å²) in [6.45, 7) is 2.52. The summed E-state index contributed by atoms with van der Waals surface area (Å²) < 4.78 is 24.6. The molecule has 0 saturated heterocycles. The number of hydrogen-bond donors (Lipinski definition) is 0. The topological polar surface area (TPSA) is 51.4 Å². The number of ether oxygens (including phenoxy) is 1. The van der Waals surface area contributed by atoms with Crippen molar-refractivity contribution in [3.05, 3.63) is 65.8 Å². The third kappa shape index (κ3) is 3.85. The van der Waals surface area contributed by atoms with Gasteiger partial charge >= 0.3 is 0 Å². The Bertz CT molecular complexity index is 836. The lowest BCUT2D eigenvalue weighted by Crippen LogP contribution is -2.22. The molecule has 0 amide bonds. The Kier molecular flexibility index (Phi) is 5.09. The molecule has 25 heavy (non-hydrogen) atoms. The molecule has 0 saturated carbocycles. The quantitative estimate of drug-likeness (QED) is 0.676. The molecule has 3 aromatic rings. The minimum Gasteiger partial charge on any atom is -0.494 e. The van der Waals surface area contributed by atoms with Gasteiger partial charge in [0, 0.05) is 12.1 Å². The van der Waals surface area contributed by atoms with Crippen LogP contribution < -0.4 is 4.74 Å². The monoisotopic (exact) mass is 341 g/mol. The molecular weight excluding hydrogens is 321 g/mol. The zero-order valence-electron chi connectivity index (χ0n) is 14.4. The maximum absolute atomic E-state index is 13.8. The highest BCUT2D eigenvalue weighted by atomic mass is 19.1. The Balaban J connectivity index is 1.71. The zero-order valence-corrected chi connectivity index (χ0v) is 14.4. The maximum atomic E-state index is 13.8. The van der Waals surface area contributed by atoms with Gasteiger partial charge in [0.1, 0.15) is 0 Å². The largest absolute Gasteiger partial charge is 0.494 e. The predicted molar refractivity (Wildman–Crippen MR) is 92.6 cm³/mol. The van der Waals surface area contributed by atoms with Gasteiger partial charge in [0.25, 0.3) is 0 Å². The van der Waals surface area contributed by atoms with E-state index >= 15 is 0 Å². The molecule has 2 aromatic carbocycles. The van der Waals surface area contributed by atoms with E-state index in [9.17, 15) is 4.39 Å². The summed E-state index contributed by atoms with van der Waals surface area (Å²) in [5.41, 5.74) is 1.73. The Hall–Kier alpha value is -2.73. The molecule has 3 rings (SSSR count). The molecule has 0 spiro atoms. The molecule has 0 radical (unpaired) electrons. The maximum Gasteiger partial charge on any atom is 0.247 e. The second kappa shape index (κ2) is 7.44. The van der Waals surface area contributed by atoms with E-state index in [0.717, 1.165) is 11.1 Å². The molecule has 1 heterocycles. The molecule has 0 N–H and O–H groups in total. The fourth-order valence-corrected chi connectivity index (χ4v) is 2.52. The molecule has 0 aliphatic rings.